The second-order valence-corrected chi connectivity index (χ2v) is 13.7. The first-order chi connectivity index (χ1) is 24.1. The van der Waals surface area contributed by atoms with E-state index in [1.807, 2.05) is 6.07 Å². The van der Waals surface area contributed by atoms with Crippen molar-refractivity contribution in [3.05, 3.63) is 180 Å². The van der Waals surface area contributed by atoms with Gasteiger partial charge in [-0.05, 0) is 83.3 Å². The van der Waals surface area contributed by atoms with Crippen LogP contribution in [0.1, 0.15) is 36.1 Å². The van der Waals surface area contributed by atoms with Gasteiger partial charge in [-0.1, -0.05) is 117 Å². The van der Waals surface area contributed by atoms with Crippen LogP contribution in [0.3, 0.4) is 0 Å². The number of furan rings is 1. The van der Waals surface area contributed by atoms with Crippen molar-refractivity contribution in [3.8, 4) is 5.69 Å². The summed E-state index contributed by atoms with van der Waals surface area (Å²) in [5.74, 6) is 0. The number of hydrogen-bond donors (Lipinski definition) is 0. The van der Waals surface area contributed by atoms with E-state index in [2.05, 4.69) is 175 Å². The van der Waals surface area contributed by atoms with E-state index in [0.29, 0.717) is 0 Å². The van der Waals surface area contributed by atoms with E-state index in [0.717, 1.165) is 51.1 Å². The van der Waals surface area contributed by atoms with E-state index in [4.69, 9.17) is 4.42 Å². The molecule has 0 radical (unpaired) electrons. The minimum absolute atomic E-state index is 0.0879. The zero-order valence-electron chi connectivity index (χ0n) is 27.5. The minimum Gasteiger partial charge on any atom is -0.454 e. The van der Waals surface area contributed by atoms with Crippen LogP contribution in [0.4, 0.5) is 17.1 Å². The van der Waals surface area contributed by atoms with Gasteiger partial charge in [-0.25, -0.2) is 0 Å². The molecule has 0 bridgehead atoms. The smallest absolute Gasteiger partial charge is 0.159 e. The zero-order valence-corrected chi connectivity index (χ0v) is 27.5. The normalized spacial score (nSPS) is 13.6. The largest absolute Gasteiger partial charge is 0.454 e. The summed E-state index contributed by atoms with van der Waals surface area (Å²) in [4.78, 5) is 2.43. The number of hydrogen-bond acceptors (Lipinski definition) is 2. The SMILES string of the molecule is CC1(C)c2ccccc2Cc2cc(N(c3cccc4c3oc3ccccc34)c3cccc4c3c3ccccc3n4-c3ccccc3)ccc21. The lowest BCUT2D eigenvalue weighted by molar-refractivity contribution is 0.611. The maximum atomic E-state index is 6.73. The molecule has 1 aliphatic rings. The third-order valence-electron chi connectivity index (χ3n) is 10.6. The summed E-state index contributed by atoms with van der Waals surface area (Å²) in [7, 11) is 0. The highest BCUT2D eigenvalue weighted by Crippen LogP contribution is 2.49. The van der Waals surface area contributed by atoms with Gasteiger partial charge in [-0.2, -0.15) is 0 Å². The number of rotatable bonds is 4. The number of benzene rings is 7. The van der Waals surface area contributed by atoms with Crippen molar-refractivity contribution in [3.63, 3.8) is 0 Å². The van der Waals surface area contributed by atoms with Gasteiger partial charge in [0.15, 0.2) is 5.58 Å². The molecule has 0 saturated carbocycles. The molecule has 7 aromatic carbocycles. The van der Waals surface area contributed by atoms with Gasteiger partial charge in [0.05, 0.1) is 22.4 Å². The summed E-state index contributed by atoms with van der Waals surface area (Å²) in [6.45, 7) is 4.71. The lowest BCUT2D eigenvalue weighted by Crippen LogP contribution is -2.27. The van der Waals surface area contributed by atoms with E-state index in [1.54, 1.807) is 0 Å². The van der Waals surface area contributed by atoms with Crippen LogP contribution in [0.2, 0.25) is 0 Å². The van der Waals surface area contributed by atoms with Crippen molar-refractivity contribution in [1.29, 1.82) is 0 Å². The molecule has 9 aromatic rings. The minimum atomic E-state index is -0.0879. The summed E-state index contributed by atoms with van der Waals surface area (Å²) in [6.07, 6.45) is 0.906. The Labute approximate surface area is 285 Å². The molecule has 234 valence electrons. The number of anilines is 3. The zero-order chi connectivity index (χ0) is 32.7. The summed E-state index contributed by atoms with van der Waals surface area (Å²) < 4.78 is 9.12. The third kappa shape index (κ3) is 4.09. The second kappa shape index (κ2) is 10.5. The van der Waals surface area contributed by atoms with Gasteiger partial charge in [0.2, 0.25) is 0 Å². The molecule has 0 aliphatic heterocycles. The molecule has 3 nitrogen and oxygen atoms in total. The second-order valence-electron chi connectivity index (χ2n) is 13.7. The molecule has 49 heavy (non-hydrogen) atoms. The monoisotopic (exact) mass is 630 g/mol. The topological polar surface area (TPSA) is 21.3 Å². The Kier molecular flexibility index (Phi) is 5.98. The van der Waals surface area contributed by atoms with E-state index in [-0.39, 0.29) is 5.41 Å². The fourth-order valence-electron chi connectivity index (χ4n) is 8.47. The molecule has 2 heterocycles. The van der Waals surface area contributed by atoms with Gasteiger partial charge in [0, 0.05) is 38.3 Å². The van der Waals surface area contributed by atoms with Gasteiger partial charge in [0.25, 0.3) is 0 Å². The van der Waals surface area contributed by atoms with Crippen molar-refractivity contribution in [2.75, 3.05) is 4.90 Å². The molecule has 0 spiro atoms. The number of aromatic nitrogens is 1. The standard InChI is InChI=1S/C46H34N2O/c1-46(2)37-20-9-6-14-30(37)28-31-29-33(26-27-38(31)46)48(42-24-12-19-35-34-17-8-11-25-43(34)49-45(35)42)41-23-13-22-40-44(41)36-18-7-10-21-39(36)47(40)32-15-4-3-5-16-32/h3-27,29H,28H2,1-2H3. The van der Waals surface area contributed by atoms with E-state index >= 15 is 0 Å². The molecular weight excluding hydrogens is 597 g/mol. The average molecular weight is 631 g/mol. The Morgan fingerprint density at radius 2 is 1.22 bits per heavy atom. The Hall–Kier alpha value is -6.06. The van der Waals surface area contributed by atoms with Crippen LogP contribution in [0.15, 0.2) is 162 Å². The van der Waals surface area contributed by atoms with Gasteiger partial charge < -0.3 is 13.9 Å². The van der Waals surface area contributed by atoms with Gasteiger partial charge in [0.1, 0.15) is 5.58 Å². The predicted octanol–water partition coefficient (Wildman–Crippen LogP) is 12.4. The van der Waals surface area contributed by atoms with Crippen molar-refractivity contribution in [2.24, 2.45) is 0 Å². The molecule has 0 saturated heterocycles. The van der Waals surface area contributed by atoms with Crippen LogP contribution in [0, 0.1) is 0 Å². The Morgan fingerprint density at radius 3 is 2.12 bits per heavy atom. The van der Waals surface area contributed by atoms with Gasteiger partial charge >= 0.3 is 0 Å². The number of para-hydroxylation sites is 4. The van der Waals surface area contributed by atoms with E-state index < -0.39 is 0 Å². The summed E-state index contributed by atoms with van der Waals surface area (Å²) in [6, 6.07) is 57.1. The number of nitrogens with zero attached hydrogens (tertiary/aromatic N) is 2. The molecule has 0 amide bonds. The highest BCUT2D eigenvalue weighted by atomic mass is 16.3. The van der Waals surface area contributed by atoms with Crippen LogP contribution >= 0.6 is 0 Å². The molecular formula is C46H34N2O. The van der Waals surface area contributed by atoms with Crippen LogP contribution in [0.25, 0.3) is 49.4 Å². The molecule has 2 aromatic heterocycles. The molecule has 1 aliphatic carbocycles. The van der Waals surface area contributed by atoms with Crippen molar-refractivity contribution < 1.29 is 4.42 Å². The molecule has 0 atom stereocenters. The Balaban J connectivity index is 1.29. The fraction of sp³-hybridized carbons (Fsp3) is 0.0870. The fourth-order valence-corrected chi connectivity index (χ4v) is 8.47. The van der Waals surface area contributed by atoms with Crippen LogP contribution in [-0.4, -0.2) is 4.57 Å². The Bertz CT molecular complexity index is 2730. The van der Waals surface area contributed by atoms with Crippen LogP contribution in [0.5, 0.6) is 0 Å². The van der Waals surface area contributed by atoms with Crippen LogP contribution < -0.4 is 4.90 Å². The van der Waals surface area contributed by atoms with E-state index in [9.17, 15) is 0 Å². The molecule has 0 unspecified atom stereocenters. The quantitative estimate of drug-likeness (QED) is 0.193. The summed E-state index contributed by atoms with van der Waals surface area (Å²) in [5, 5.41) is 4.66. The molecule has 0 fully saturated rings. The van der Waals surface area contributed by atoms with Gasteiger partial charge in [-0.3, -0.25) is 0 Å². The third-order valence-corrected chi connectivity index (χ3v) is 10.6. The maximum absolute atomic E-state index is 6.73. The highest BCUT2D eigenvalue weighted by molar-refractivity contribution is 6.18. The van der Waals surface area contributed by atoms with Crippen molar-refractivity contribution in [2.45, 2.75) is 25.7 Å². The van der Waals surface area contributed by atoms with Crippen molar-refractivity contribution in [1.82, 2.24) is 4.57 Å². The summed E-state index contributed by atoms with van der Waals surface area (Å²) in [5.41, 5.74) is 14.0. The first-order valence-corrected chi connectivity index (χ1v) is 17.1. The van der Waals surface area contributed by atoms with Crippen molar-refractivity contribution >= 4 is 60.8 Å². The lowest BCUT2D eigenvalue weighted by atomic mass is 9.69. The average Bonchev–Trinajstić information content (AvgIpc) is 3.69. The lowest BCUT2D eigenvalue weighted by Gasteiger charge is -2.36. The van der Waals surface area contributed by atoms with Gasteiger partial charge in [-0.15, -0.1) is 0 Å². The maximum Gasteiger partial charge on any atom is 0.159 e. The molecule has 0 N–H and O–H groups in total. The van der Waals surface area contributed by atoms with Crippen LogP contribution in [-0.2, 0) is 11.8 Å². The highest BCUT2D eigenvalue weighted by Gasteiger charge is 2.33. The number of fused-ring (bicyclic) bond motifs is 8. The first kappa shape index (κ1) is 28.0. The molecule has 3 heteroatoms. The van der Waals surface area contributed by atoms with E-state index in [1.165, 1.54) is 44.1 Å². The predicted molar refractivity (Wildman–Crippen MR) is 204 cm³/mol. The first-order valence-electron chi connectivity index (χ1n) is 17.1. The Morgan fingerprint density at radius 1 is 0.551 bits per heavy atom. The molecule has 10 rings (SSSR count). The summed E-state index contributed by atoms with van der Waals surface area (Å²) >= 11 is 0.